The Kier molecular flexibility index (Phi) is 4.06. The van der Waals surface area contributed by atoms with Crippen LogP contribution in [0.4, 0.5) is 0 Å². The molecule has 1 heterocycles. The van der Waals surface area contributed by atoms with Crippen LogP contribution in [-0.2, 0) is 14.8 Å². The van der Waals surface area contributed by atoms with Gasteiger partial charge in [-0.2, -0.15) is 4.31 Å². The summed E-state index contributed by atoms with van der Waals surface area (Å²) in [6.07, 6.45) is 2.17. The molecule has 0 N–H and O–H groups in total. The van der Waals surface area contributed by atoms with Crippen molar-refractivity contribution in [3.8, 4) is 0 Å². The molecule has 1 fully saturated rings. The predicted molar refractivity (Wildman–Crippen MR) is 73.5 cm³/mol. The van der Waals surface area contributed by atoms with Gasteiger partial charge in [0, 0.05) is 19.0 Å². The Bertz CT molecular complexity index is 572. The molecule has 0 spiro atoms. The van der Waals surface area contributed by atoms with Crippen LogP contribution in [0.5, 0.6) is 0 Å². The van der Waals surface area contributed by atoms with E-state index in [1.807, 2.05) is 26.0 Å². The lowest BCUT2D eigenvalue weighted by atomic mass is 10.0. The summed E-state index contributed by atoms with van der Waals surface area (Å²) in [4.78, 5) is 11.1. The number of aldehydes is 1. The Balaban J connectivity index is 2.25. The monoisotopic (exact) mass is 281 g/mol. The fraction of sp³-hybridized carbons (Fsp3) is 0.500. The van der Waals surface area contributed by atoms with Crippen molar-refractivity contribution in [3.63, 3.8) is 0 Å². The Morgan fingerprint density at radius 2 is 1.84 bits per heavy atom. The van der Waals surface area contributed by atoms with Crippen LogP contribution in [0.1, 0.15) is 24.0 Å². The van der Waals surface area contributed by atoms with Gasteiger partial charge >= 0.3 is 0 Å². The molecule has 4 nitrogen and oxygen atoms in total. The summed E-state index contributed by atoms with van der Waals surface area (Å²) in [6, 6.07) is 5.37. The molecular weight excluding hydrogens is 262 g/mol. The van der Waals surface area contributed by atoms with Crippen LogP contribution in [0.3, 0.4) is 0 Å². The van der Waals surface area contributed by atoms with Crippen LogP contribution in [0, 0.1) is 19.8 Å². The largest absolute Gasteiger partial charge is 0.303 e. The maximum atomic E-state index is 12.6. The van der Waals surface area contributed by atoms with Gasteiger partial charge in [-0.15, -0.1) is 0 Å². The summed E-state index contributed by atoms with van der Waals surface area (Å²) < 4.78 is 26.6. The van der Waals surface area contributed by atoms with Crippen molar-refractivity contribution in [3.05, 3.63) is 29.3 Å². The molecule has 2 rings (SSSR count). The number of benzene rings is 1. The van der Waals surface area contributed by atoms with Gasteiger partial charge < -0.3 is 4.79 Å². The van der Waals surface area contributed by atoms with Gasteiger partial charge in [0.05, 0.1) is 4.90 Å². The van der Waals surface area contributed by atoms with Crippen LogP contribution in [0.2, 0.25) is 0 Å². The van der Waals surface area contributed by atoms with Crippen molar-refractivity contribution in [1.82, 2.24) is 4.31 Å². The van der Waals surface area contributed by atoms with Crippen molar-refractivity contribution in [1.29, 1.82) is 0 Å². The lowest BCUT2D eigenvalue weighted by Gasteiger charge is -2.29. The minimum absolute atomic E-state index is 0.00515. The van der Waals surface area contributed by atoms with Crippen molar-refractivity contribution < 1.29 is 13.2 Å². The molecule has 5 heteroatoms. The van der Waals surface area contributed by atoms with E-state index in [0.29, 0.717) is 30.8 Å². The van der Waals surface area contributed by atoms with E-state index in [-0.39, 0.29) is 5.92 Å². The molecule has 104 valence electrons. The third kappa shape index (κ3) is 2.87. The SMILES string of the molecule is Cc1ccc(S(=O)(=O)N2CCC(C=O)CC2)c(C)c1. The zero-order valence-corrected chi connectivity index (χ0v) is 12.1. The Labute approximate surface area is 114 Å². The van der Waals surface area contributed by atoms with Gasteiger partial charge in [0.15, 0.2) is 0 Å². The second-order valence-electron chi connectivity index (χ2n) is 5.15. The minimum Gasteiger partial charge on any atom is -0.303 e. The second kappa shape index (κ2) is 5.43. The fourth-order valence-corrected chi connectivity index (χ4v) is 4.16. The molecule has 1 aromatic carbocycles. The summed E-state index contributed by atoms with van der Waals surface area (Å²) in [5.41, 5.74) is 1.83. The molecule has 1 aromatic rings. The quantitative estimate of drug-likeness (QED) is 0.795. The molecule has 0 aromatic heterocycles. The van der Waals surface area contributed by atoms with Crippen molar-refractivity contribution in [2.45, 2.75) is 31.6 Å². The van der Waals surface area contributed by atoms with E-state index >= 15 is 0 Å². The Morgan fingerprint density at radius 3 is 2.37 bits per heavy atom. The average Bonchev–Trinajstić information content (AvgIpc) is 2.38. The first-order valence-corrected chi connectivity index (χ1v) is 7.92. The number of sulfonamides is 1. The smallest absolute Gasteiger partial charge is 0.243 e. The topological polar surface area (TPSA) is 54.5 Å². The number of hydrogen-bond acceptors (Lipinski definition) is 3. The highest BCUT2D eigenvalue weighted by atomic mass is 32.2. The summed E-state index contributed by atoms with van der Waals surface area (Å²) >= 11 is 0. The molecule has 0 atom stereocenters. The standard InChI is InChI=1S/C14H19NO3S/c1-11-3-4-14(12(2)9-11)19(17,18)15-7-5-13(10-16)6-8-15/h3-4,9-10,13H,5-8H2,1-2H3. The van der Waals surface area contributed by atoms with Crippen LogP contribution in [0.25, 0.3) is 0 Å². The zero-order valence-electron chi connectivity index (χ0n) is 11.3. The lowest BCUT2D eigenvalue weighted by molar-refractivity contribution is -0.112. The summed E-state index contributed by atoms with van der Waals surface area (Å²) in [7, 11) is -3.42. The molecule has 0 aliphatic carbocycles. The predicted octanol–water partition coefficient (Wildman–Crippen LogP) is 1.90. The number of piperidine rings is 1. The minimum atomic E-state index is -3.42. The summed E-state index contributed by atoms with van der Waals surface area (Å²) in [5.74, 6) is 0.00515. The van der Waals surface area contributed by atoms with E-state index in [0.717, 1.165) is 17.4 Å². The Hall–Kier alpha value is -1.20. The Morgan fingerprint density at radius 1 is 1.21 bits per heavy atom. The molecule has 0 radical (unpaired) electrons. The fourth-order valence-electron chi connectivity index (χ4n) is 2.48. The number of hydrogen-bond donors (Lipinski definition) is 0. The summed E-state index contributed by atoms with van der Waals surface area (Å²) in [5, 5.41) is 0. The highest BCUT2D eigenvalue weighted by molar-refractivity contribution is 7.89. The van der Waals surface area contributed by atoms with Gasteiger partial charge in [-0.3, -0.25) is 0 Å². The van der Waals surface area contributed by atoms with Crippen molar-refractivity contribution in [2.24, 2.45) is 5.92 Å². The van der Waals surface area contributed by atoms with E-state index in [1.54, 1.807) is 6.07 Å². The van der Waals surface area contributed by atoms with Gasteiger partial charge in [-0.25, -0.2) is 8.42 Å². The van der Waals surface area contributed by atoms with Crippen molar-refractivity contribution >= 4 is 16.3 Å². The zero-order chi connectivity index (χ0) is 14.0. The maximum absolute atomic E-state index is 12.6. The van der Waals surface area contributed by atoms with E-state index in [1.165, 1.54) is 4.31 Å². The molecule has 1 aliphatic rings. The summed E-state index contributed by atoms with van der Waals surface area (Å²) in [6.45, 7) is 4.62. The molecule has 1 saturated heterocycles. The average molecular weight is 281 g/mol. The van der Waals surface area contributed by atoms with Crippen LogP contribution in [0.15, 0.2) is 23.1 Å². The first-order valence-electron chi connectivity index (χ1n) is 6.48. The number of nitrogens with zero attached hydrogens (tertiary/aromatic N) is 1. The first kappa shape index (κ1) is 14.2. The third-order valence-corrected chi connectivity index (χ3v) is 5.70. The number of rotatable bonds is 3. The highest BCUT2D eigenvalue weighted by Crippen LogP contribution is 2.25. The lowest BCUT2D eigenvalue weighted by Crippen LogP contribution is -2.39. The van der Waals surface area contributed by atoms with E-state index in [2.05, 4.69) is 0 Å². The van der Waals surface area contributed by atoms with Crippen LogP contribution < -0.4 is 0 Å². The van der Waals surface area contributed by atoms with Crippen molar-refractivity contribution in [2.75, 3.05) is 13.1 Å². The van der Waals surface area contributed by atoms with Crippen LogP contribution >= 0.6 is 0 Å². The van der Waals surface area contributed by atoms with E-state index in [9.17, 15) is 13.2 Å². The van der Waals surface area contributed by atoms with Gasteiger partial charge in [-0.05, 0) is 38.3 Å². The molecule has 0 bridgehead atoms. The molecule has 1 aliphatic heterocycles. The first-order chi connectivity index (χ1) is 8.95. The number of aryl methyl sites for hydroxylation is 2. The third-order valence-electron chi connectivity index (χ3n) is 3.64. The molecular formula is C14H19NO3S. The van der Waals surface area contributed by atoms with Gasteiger partial charge in [0.25, 0.3) is 0 Å². The maximum Gasteiger partial charge on any atom is 0.243 e. The second-order valence-corrected chi connectivity index (χ2v) is 7.05. The van der Waals surface area contributed by atoms with Crippen LogP contribution in [-0.4, -0.2) is 32.1 Å². The molecule has 0 amide bonds. The molecule has 0 saturated carbocycles. The molecule has 0 unspecified atom stereocenters. The van der Waals surface area contributed by atoms with E-state index < -0.39 is 10.0 Å². The number of carbonyl (C=O) groups is 1. The number of carbonyl (C=O) groups excluding carboxylic acids is 1. The van der Waals surface area contributed by atoms with Gasteiger partial charge in [0.2, 0.25) is 10.0 Å². The van der Waals surface area contributed by atoms with Gasteiger partial charge in [0.1, 0.15) is 6.29 Å². The normalized spacial score (nSPS) is 18.4. The van der Waals surface area contributed by atoms with Gasteiger partial charge in [-0.1, -0.05) is 17.7 Å². The van der Waals surface area contributed by atoms with E-state index in [4.69, 9.17) is 0 Å². The highest BCUT2D eigenvalue weighted by Gasteiger charge is 2.30. The molecule has 19 heavy (non-hydrogen) atoms.